The van der Waals surface area contributed by atoms with Gasteiger partial charge in [-0.15, -0.1) is 13.2 Å². The number of carboxylic acid groups (broad SMARTS) is 1. The van der Waals surface area contributed by atoms with Gasteiger partial charge in [-0.1, -0.05) is 0 Å². The Morgan fingerprint density at radius 2 is 2.00 bits per heavy atom. The molecule has 0 fully saturated rings. The van der Waals surface area contributed by atoms with Gasteiger partial charge in [-0.05, 0) is 28.1 Å². The molecule has 1 rings (SSSR count). The van der Waals surface area contributed by atoms with Gasteiger partial charge < -0.3 is 20.7 Å². The van der Waals surface area contributed by atoms with Crippen LogP contribution in [0.3, 0.4) is 0 Å². The summed E-state index contributed by atoms with van der Waals surface area (Å²) >= 11 is 2.73. The maximum absolute atomic E-state index is 12.1. The Bertz CT molecular complexity index is 478. The number of carboxylic acids is 1. The molecule has 0 aliphatic rings. The Kier molecular flexibility index (Phi) is 4.07. The quantitative estimate of drug-likeness (QED) is 0.738. The molecule has 5 nitrogen and oxygen atoms in total. The number of ether oxygens (including phenoxy) is 1. The molecule has 100 valence electrons. The number of hydrogen-bond acceptors (Lipinski definition) is 4. The van der Waals surface area contributed by atoms with Gasteiger partial charge in [0.05, 0.1) is 4.47 Å². The molecular weight excluding hydrogens is 323 g/mol. The number of aliphatic hydroxyl groups is 1. The van der Waals surface area contributed by atoms with Gasteiger partial charge in [-0.3, -0.25) is 0 Å². The SMILES string of the molecule is Nc1ccc(OC(F)(F)F)c(Br)c1C(O)C(=O)O. The Morgan fingerprint density at radius 1 is 1.44 bits per heavy atom. The molecule has 0 aliphatic carbocycles. The Labute approximate surface area is 107 Å². The van der Waals surface area contributed by atoms with Crippen molar-refractivity contribution in [2.24, 2.45) is 0 Å². The number of carbonyl (C=O) groups is 1. The van der Waals surface area contributed by atoms with Gasteiger partial charge in [-0.2, -0.15) is 0 Å². The van der Waals surface area contributed by atoms with Crippen LogP contribution in [0.1, 0.15) is 11.7 Å². The number of hydrogen-bond donors (Lipinski definition) is 3. The number of aliphatic carboxylic acids is 1. The monoisotopic (exact) mass is 329 g/mol. The van der Waals surface area contributed by atoms with Crippen LogP contribution in [-0.2, 0) is 4.79 Å². The first-order valence-electron chi connectivity index (χ1n) is 4.38. The molecule has 0 saturated carbocycles. The van der Waals surface area contributed by atoms with Crippen molar-refractivity contribution in [2.75, 3.05) is 5.73 Å². The average Bonchev–Trinajstić information content (AvgIpc) is 2.20. The van der Waals surface area contributed by atoms with E-state index in [-0.39, 0.29) is 10.2 Å². The fourth-order valence-corrected chi connectivity index (χ4v) is 1.85. The van der Waals surface area contributed by atoms with E-state index in [0.29, 0.717) is 0 Å². The maximum atomic E-state index is 12.1. The first kappa shape index (κ1) is 14.6. The minimum atomic E-state index is -4.94. The number of halogens is 4. The Hall–Kier alpha value is -1.48. The zero-order valence-corrected chi connectivity index (χ0v) is 10.1. The molecular formula is C9H7BrF3NO4. The highest BCUT2D eigenvalue weighted by Crippen LogP contribution is 2.38. The van der Waals surface area contributed by atoms with Gasteiger partial charge in [0.1, 0.15) is 5.75 Å². The molecule has 0 radical (unpaired) electrons. The van der Waals surface area contributed by atoms with Crippen molar-refractivity contribution >= 4 is 27.6 Å². The number of rotatable bonds is 3. The number of benzene rings is 1. The molecule has 18 heavy (non-hydrogen) atoms. The lowest BCUT2D eigenvalue weighted by atomic mass is 10.1. The predicted molar refractivity (Wildman–Crippen MR) is 57.8 cm³/mol. The molecule has 0 spiro atoms. The van der Waals surface area contributed by atoms with Gasteiger partial charge in [0.25, 0.3) is 0 Å². The van der Waals surface area contributed by atoms with Gasteiger partial charge in [0.15, 0.2) is 6.10 Å². The minimum absolute atomic E-state index is 0.175. The summed E-state index contributed by atoms with van der Waals surface area (Å²) < 4.78 is 39.5. The normalized spacial score (nSPS) is 13.2. The molecule has 0 aromatic heterocycles. The van der Waals surface area contributed by atoms with Crippen LogP contribution in [0.4, 0.5) is 18.9 Å². The molecule has 9 heteroatoms. The van der Waals surface area contributed by atoms with E-state index in [1.54, 1.807) is 0 Å². The van der Waals surface area contributed by atoms with Crippen molar-refractivity contribution in [3.8, 4) is 5.75 Å². The number of alkyl halides is 3. The smallest absolute Gasteiger partial charge is 0.479 e. The summed E-state index contributed by atoms with van der Waals surface area (Å²) in [6.07, 6.45) is -7.00. The summed E-state index contributed by atoms with van der Waals surface area (Å²) in [7, 11) is 0. The third-order valence-electron chi connectivity index (χ3n) is 1.91. The summed E-state index contributed by atoms with van der Waals surface area (Å²) in [5.74, 6) is -2.33. The van der Waals surface area contributed by atoms with Crippen molar-refractivity contribution in [1.29, 1.82) is 0 Å². The van der Waals surface area contributed by atoms with Gasteiger partial charge in [-0.25, -0.2) is 4.79 Å². The van der Waals surface area contributed by atoms with E-state index in [4.69, 9.17) is 10.8 Å². The first-order valence-corrected chi connectivity index (χ1v) is 5.17. The molecule has 1 unspecified atom stereocenters. The van der Waals surface area contributed by atoms with Crippen molar-refractivity contribution in [2.45, 2.75) is 12.5 Å². The molecule has 0 amide bonds. The standard InChI is InChI=1S/C9H7BrF3NO4/c10-6-4(18-9(11,12)13)2-1-3(14)5(6)7(15)8(16)17/h1-2,7,15H,14H2,(H,16,17). The third-order valence-corrected chi connectivity index (χ3v) is 2.73. The van der Waals surface area contributed by atoms with Crippen molar-refractivity contribution in [3.63, 3.8) is 0 Å². The number of anilines is 1. The van der Waals surface area contributed by atoms with Crippen LogP contribution in [0.5, 0.6) is 5.75 Å². The average molecular weight is 330 g/mol. The van der Waals surface area contributed by atoms with Crippen molar-refractivity contribution in [3.05, 3.63) is 22.2 Å². The molecule has 1 aromatic carbocycles. The van der Waals surface area contributed by atoms with Crippen molar-refractivity contribution < 1.29 is 32.9 Å². The maximum Gasteiger partial charge on any atom is 0.573 e. The zero-order valence-electron chi connectivity index (χ0n) is 8.53. The predicted octanol–water partition coefficient (Wildman–Crippen LogP) is 2.05. The fourth-order valence-electron chi connectivity index (χ4n) is 1.19. The molecule has 0 bridgehead atoms. The lowest BCUT2D eigenvalue weighted by Crippen LogP contribution is -2.19. The Morgan fingerprint density at radius 3 is 2.44 bits per heavy atom. The van der Waals surface area contributed by atoms with Crippen LogP contribution in [0.25, 0.3) is 0 Å². The highest BCUT2D eigenvalue weighted by atomic mass is 79.9. The van der Waals surface area contributed by atoms with Crippen LogP contribution < -0.4 is 10.5 Å². The molecule has 1 atom stereocenters. The largest absolute Gasteiger partial charge is 0.573 e. The van der Waals surface area contributed by atoms with Crippen LogP contribution in [0, 0.1) is 0 Å². The molecule has 1 aromatic rings. The molecule has 0 aliphatic heterocycles. The lowest BCUT2D eigenvalue weighted by Gasteiger charge is -2.16. The van der Waals surface area contributed by atoms with E-state index in [0.717, 1.165) is 12.1 Å². The lowest BCUT2D eigenvalue weighted by molar-refractivity contribution is -0.274. The molecule has 0 heterocycles. The minimum Gasteiger partial charge on any atom is -0.479 e. The number of aliphatic hydroxyl groups excluding tert-OH is 1. The van der Waals surface area contributed by atoms with Crippen LogP contribution >= 0.6 is 15.9 Å². The highest BCUT2D eigenvalue weighted by molar-refractivity contribution is 9.10. The van der Waals surface area contributed by atoms with Gasteiger partial charge in [0.2, 0.25) is 0 Å². The van der Waals surface area contributed by atoms with E-state index < -0.39 is 29.7 Å². The van der Waals surface area contributed by atoms with Gasteiger partial charge >= 0.3 is 12.3 Å². The number of nitrogen functional groups attached to an aromatic ring is 1. The zero-order chi connectivity index (χ0) is 14.1. The van der Waals surface area contributed by atoms with Crippen LogP contribution in [-0.4, -0.2) is 22.5 Å². The summed E-state index contributed by atoms with van der Waals surface area (Å²) in [4.78, 5) is 10.6. The highest BCUT2D eigenvalue weighted by Gasteiger charge is 2.33. The van der Waals surface area contributed by atoms with E-state index >= 15 is 0 Å². The second kappa shape index (κ2) is 5.02. The fraction of sp³-hybridized carbons (Fsp3) is 0.222. The van der Waals surface area contributed by atoms with Crippen molar-refractivity contribution in [1.82, 2.24) is 0 Å². The summed E-state index contributed by atoms with van der Waals surface area (Å²) in [5.41, 5.74) is 4.83. The van der Waals surface area contributed by atoms with Gasteiger partial charge in [0, 0.05) is 11.3 Å². The second-order valence-electron chi connectivity index (χ2n) is 3.17. The van der Waals surface area contributed by atoms with E-state index in [1.807, 2.05) is 0 Å². The molecule has 0 saturated heterocycles. The third kappa shape index (κ3) is 3.26. The topological polar surface area (TPSA) is 92.8 Å². The van der Waals surface area contributed by atoms with Crippen LogP contribution in [0.15, 0.2) is 16.6 Å². The second-order valence-corrected chi connectivity index (χ2v) is 3.96. The summed E-state index contributed by atoms with van der Waals surface area (Å²) in [6.45, 7) is 0. The Balaban J connectivity index is 3.27. The number of nitrogens with two attached hydrogens (primary N) is 1. The first-order chi connectivity index (χ1) is 8.13. The van der Waals surface area contributed by atoms with E-state index in [1.165, 1.54) is 0 Å². The van der Waals surface area contributed by atoms with E-state index in [9.17, 15) is 23.1 Å². The summed E-state index contributed by atoms with van der Waals surface area (Å²) in [5, 5.41) is 18.0. The molecule has 4 N–H and O–H groups in total. The van der Waals surface area contributed by atoms with Crippen LogP contribution in [0.2, 0.25) is 0 Å². The van der Waals surface area contributed by atoms with E-state index in [2.05, 4.69) is 20.7 Å². The summed E-state index contributed by atoms with van der Waals surface area (Å²) in [6, 6.07) is 1.91.